The van der Waals surface area contributed by atoms with E-state index in [2.05, 4.69) is 5.32 Å². The van der Waals surface area contributed by atoms with E-state index in [-0.39, 0.29) is 0 Å². The summed E-state index contributed by atoms with van der Waals surface area (Å²) in [5, 5.41) is 11.8. The van der Waals surface area contributed by atoms with Crippen molar-refractivity contribution in [2.45, 2.75) is 17.2 Å². The van der Waals surface area contributed by atoms with Gasteiger partial charge in [0.25, 0.3) is 0 Å². The number of thioether (sulfide) groups is 1. The third-order valence-corrected chi connectivity index (χ3v) is 3.61. The van der Waals surface area contributed by atoms with Crippen LogP contribution in [0.1, 0.15) is 0 Å². The van der Waals surface area contributed by atoms with Gasteiger partial charge in [-0.1, -0.05) is 11.6 Å². The third kappa shape index (κ3) is 5.29. The molecule has 2 N–H and O–H groups in total. The molecule has 0 saturated carbocycles. The number of likely N-dealkylation sites (N-methyl/N-ethyl adjacent to an activating group) is 1. The van der Waals surface area contributed by atoms with Crippen LogP contribution < -0.4 is 5.32 Å². The Bertz CT molecular complexity index is 514. The predicted molar refractivity (Wildman–Crippen MR) is 76.9 cm³/mol. The number of anilines is 1. The first-order chi connectivity index (χ1) is 9.65. The second-order valence-corrected chi connectivity index (χ2v) is 5.50. The Kier molecular flexibility index (Phi) is 6.18. The molecule has 0 aliphatic heterocycles. The van der Waals surface area contributed by atoms with E-state index in [1.807, 2.05) is 0 Å². The number of aliphatic hydroxyl groups excluding tert-OH is 1. The highest BCUT2D eigenvalue weighted by Gasteiger charge is 2.39. The van der Waals surface area contributed by atoms with Gasteiger partial charge < -0.3 is 15.3 Å². The number of nitrogens with zero attached hydrogens (tertiary/aromatic N) is 1. The lowest BCUT2D eigenvalue weighted by Crippen LogP contribution is -2.43. The largest absolute Gasteiger partial charge is 0.416 e. The molecule has 1 unspecified atom stereocenters. The topological polar surface area (TPSA) is 52.6 Å². The number of hydrogen-bond donors (Lipinski definition) is 2. The fraction of sp³-hybridized carbons (Fsp3) is 0.417. The van der Waals surface area contributed by atoms with Crippen LogP contribution in [-0.4, -0.2) is 48.2 Å². The van der Waals surface area contributed by atoms with Crippen molar-refractivity contribution in [2.24, 2.45) is 0 Å². The SMILES string of the molecule is CSc1ccc(Cl)cc1NC(=O)N(C)CC(O)C(F)(F)F. The highest BCUT2D eigenvalue weighted by molar-refractivity contribution is 7.98. The van der Waals surface area contributed by atoms with Crippen molar-refractivity contribution in [3.63, 3.8) is 0 Å². The number of halogens is 4. The zero-order valence-electron chi connectivity index (χ0n) is 11.2. The molecule has 0 radical (unpaired) electrons. The predicted octanol–water partition coefficient (Wildman–Crippen LogP) is 3.45. The van der Waals surface area contributed by atoms with Crippen LogP contribution in [0, 0.1) is 0 Å². The second-order valence-electron chi connectivity index (χ2n) is 4.21. The monoisotopic (exact) mass is 342 g/mol. The molecular formula is C12H14ClF3N2O2S. The van der Waals surface area contributed by atoms with Crippen molar-refractivity contribution < 1.29 is 23.1 Å². The van der Waals surface area contributed by atoms with Crippen molar-refractivity contribution in [2.75, 3.05) is 25.2 Å². The molecule has 0 spiro atoms. The lowest BCUT2D eigenvalue weighted by molar-refractivity contribution is -0.205. The molecule has 0 fully saturated rings. The Balaban J connectivity index is 2.75. The standard InChI is InChI=1S/C12H14ClF3N2O2S/c1-18(6-10(19)12(14,15)16)11(20)17-8-5-7(13)3-4-9(8)21-2/h3-5,10,19H,6H2,1-2H3,(H,17,20). The highest BCUT2D eigenvalue weighted by Crippen LogP contribution is 2.28. The summed E-state index contributed by atoms with van der Waals surface area (Å²) in [5.41, 5.74) is 0.397. The fourth-order valence-electron chi connectivity index (χ4n) is 1.43. The number of carbonyl (C=O) groups excluding carboxylic acids is 1. The fourth-order valence-corrected chi connectivity index (χ4v) is 2.14. The molecule has 0 saturated heterocycles. The molecule has 1 aromatic carbocycles. The molecule has 1 rings (SSSR count). The molecule has 9 heteroatoms. The number of benzene rings is 1. The van der Waals surface area contributed by atoms with Crippen LogP contribution >= 0.6 is 23.4 Å². The lowest BCUT2D eigenvalue weighted by Gasteiger charge is -2.23. The maximum atomic E-state index is 12.2. The summed E-state index contributed by atoms with van der Waals surface area (Å²) in [4.78, 5) is 13.3. The van der Waals surface area contributed by atoms with Crippen LogP contribution in [-0.2, 0) is 0 Å². The van der Waals surface area contributed by atoms with Crippen molar-refractivity contribution in [3.05, 3.63) is 23.2 Å². The molecule has 0 bridgehead atoms. The molecule has 4 nitrogen and oxygen atoms in total. The third-order valence-electron chi connectivity index (χ3n) is 2.57. The first-order valence-corrected chi connectivity index (χ1v) is 7.36. The highest BCUT2D eigenvalue weighted by atomic mass is 35.5. The Morgan fingerprint density at radius 2 is 2.14 bits per heavy atom. The maximum Gasteiger partial charge on any atom is 0.416 e. The van der Waals surface area contributed by atoms with Gasteiger partial charge >= 0.3 is 12.2 Å². The number of amides is 2. The number of nitrogens with one attached hydrogen (secondary N) is 1. The number of urea groups is 1. The Morgan fingerprint density at radius 3 is 2.67 bits per heavy atom. The quantitative estimate of drug-likeness (QED) is 0.824. The van der Waals surface area contributed by atoms with Crippen molar-refractivity contribution in [1.29, 1.82) is 0 Å². The number of aliphatic hydroxyl groups is 1. The van der Waals surface area contributed by atoms with Gasteiger partial charge in [-0.3, -0.25) is 0 Å². The molecule has 0 aliphatic rings. The Labute approximate surface area is 129 Å². The number of alkyl halides is 3. The van der Waals surface area contributed by atoms with Crippen LogP contribution in [0.3, 0.4) is 0 Å². The van der Waals surface area contributed by atoms with Gasteiger partial charge in [0.1, 0.15) is 0 Å². The number of hydrogen-bond acceptors (Lipinski definition) is 3. The molecule has 0 aliphatic carbocycles. The minimum Gasteiger partial charge on any atom is -0.382 e. The van der Waals surface area contributed by atoms with Gasteiger partial charge in [-0.05, 0) is 24.5 Å². The van der Waals surface area contributed by atoms with Crippen LogP contribution in [0.2, 0.25) is 5.02 Å². The summed E-state index contributed by atoms with van der Waals surface area (Å²) in [7, 11) is 1.16. The normalized spacial score (nSPS) is 12.9. The van der Waals surface area contributed by atoms with E-state index < -0.39 is 24.9 Å². The van der Waals surface area contributed by atoms with E-state index in [1.165, 1.54) is 17.8 Å². The van der Waals surface area contributed by atoms with Crippen LogP contribution in [0.5, 0.6) is 0 Å². The molecule has 1 aromatic rings. The van der Waals surface area contributed by atoms with Gasteiger partial charge in [0, 0.05) is 17.0 Å². The van der Waals surface area contributed by atoms with Crippen LogP contribution in [0.25, 0.3) is 0 Å². The zero-order chi connectivity index (χ0) is 16.2. The number of rotatable bonds is 4. The van der Waals surface area contributed by atoms with E-state index in [0.29, 0.717) is 10.7 Å². The van der Waals surface area contributed by atoms with E-state index in [4.69, 9.17) is 16.7 Å². The zero-order valence-corrected chi connectivity index (χ0v) is 12.8. The molecular weight excluding hydrogens is 329 g/mol. The van der Waals surface area contributed by atoms with Gasteiger partial charge in [-0.15, -0.1) is 11.8 Å². The molecule has 0 aromatic heterocycles. The van der Waals surface area contributed by atoms with Crippen molar-refractivity contribution >= 4 is 35.1 Å². The summed E-state index contributed by atoms with van der Waals surface area (Å²) >= 11 is 7.17. The van der Waals surface area contributed by atoms with Gasteiger partial charge in [0.05, 0.1) is 12.2 Å². The average molecular weight is 343 g/mol. The Hall–Kier alpha value is -1.12. The maximum absolute atomic E-state index is 12.2. The summed E-state index contributed by atoms with van der Waals surface area (Å²) in [6.45, 7) is -0.857. The van der Waals surface area contributed by atoms with Crippen LogP contribution in [0.4, 0.5) is 23.7 Å². The molecule has 2 amide bonds. The molecule has 118 valence electrons. The minimum absolute atomic E-state index is 0.390. The number of carbonyl (C=O) groups is 1. The van der Waals surface area contributed by atoms with Gasteiger partial charge in [-0.25, -0.2) is 4.79 Å². The van der Waals surface area contributed by atoms with Crippen molar-refractivity contribution in [3.8, 4) is 0 Å². The second kappa shape index (κ2) is 7.24. The van der Waals surface area contributed by atoms with Gasteiger partial charge in [0.2, 0.25) is 0 Å². The molecule has 21 heavy (non-hydrogen) atoms. The van der Waals surface area contributed by atoms with E-state index in [1.54, 1.807) is 18.4 Å². The van der Waals surface area contributed by atoms with Crippen molar-refractivity contribution in [1.82, 2.24) is 4.90 Å². The summed E-state index contributed by atoms with van der Waals surface area (Å²) in [6, 6.07) is 4.06. The average Bonchev–Trinajstić information content (AvgIpc) is 2.37. The minimum atomic E-state index is -4.77. The van der Waals surface area contributed by atoms with E-state index in [9.17, 15) is 18.0 Å². The Morgan fingerprint density at radius 1 is 1.52 bits per heavy atom. The molecule has 0 heterocycles. The summed E-state index contributed by atoms with van der Waals surface area (Å²) in [5.74, 6) is 0. The smallest absolute Gasteiger partial charge is 0.382 e. The first-order valence-electron chi connectivity index (χ1n) is 5.75. The summed E-state index contributed by atoms with van der Waals surface area (Å²) < 4.78 is 36.7. The summed E-state index contributed by atoms with van der Waals surface area (Å²) in [6.07, 6.45) is -5.57. The first kappa shape index (κ1) is 17.9. The van der Waals surface area contributed by atoms with Crippen LogP contribution in [0.15, 0.2) is 23.1 Å². The van der Waals surface area contributed by atoms with E-state index in [0.717, 1.165) is 16.8 Å². The van der Waals surface area contributed by atoms with E-state index >= 15 is 0 Å². The lowest BCUT2D eigenvalue weighted by atomic mass is 10.3. The molecule has 1 atom stereocenters. The van der Waals surface area contributed by atoms with Gasteiger partial charge in [0.15, 0.2) is 6.10 Å². The van der Waals surface area contributed by atoms with Gasteiger partial charge in [-0.2, -0.15) is 13.2 Å².